The average molecular weight is 466 g/mol. The van der Waals surface area contributed by atoms with Gasteiger partial charge in [-0.15, -0.1) is 0 Å². The largest absolute Gasteiger partial charge is 0.369 e. The molecular weight excluding hydrogens is 450 g/mol. The van der Waals surface area contributed by atoms with Gasteiger partial charge in [0.2, 0.25) is 11.9 Å². The Kier molecular flexibility index (Phi) is 4.47. The molecule has 9 heteroatoms. The van der Waals surface area contributed by atoms with Gasteiger partial charge in [-0.25, -0.2) is 14.4 Å². The van der Waals surface area contributed by atoms with E-state index in [-0.39, 0.29) is 23.7 Å². The molecule has 0 spiro atoms. The van der Waals surface area contributed by atoms with Crippen molar-refractivity contribution in [1.82, 2.24) is 19.5 Å². The van der Waals surface area contributed by atoms with Crippen molar-refractivity contribution < 1.29 is 9.18 Å². The van der Waals surface area contributed by atoms with Crippen molar-refractivity contribution in [1.29, 1.82) is 0 Å². The molecule has 134 valence electrons. The van der Waals surface area contributed by atoms with E-state index in [1.165, 1.54) is 6.07 Å². The minimum Gasteiger partial charge on any atom is -0.369 e. The Labute approximate surface area is 162 Å². The quantitative estimate of drug-likeness (QED) is 0.577. The first kappa shape index (κ1) is 17.1. The smallest absolute Gasteiger partial charge is 0.224 e. The Morgan fingerprint density at radius 1 is 1.35 bits per heavy atom. The van der Waals surface area contributed by atoms with Gasteiger partial charge in [-0.05, 0) is 60.1 Å². The van der Waals surface area contributed by atoms with Crippen LogP contribution in [0.4, 0.5) is 10.3 Å². The molecule has 1 aliphatic carbocycles. The van der Waals surface area contributed by atoms with E-state index in [4.69, 9.17) is 5.73 Å². The van der Waals surface area contributed by atoms with Gasteiger partial charge in [-0.2, -0.15) is 4.98 Å². The summed E-state index contributed by atoms with van der Waals surface area (Å²) >= 11 is 1.95. The summed E-state index contributed by atoms with van der Waals surface area (Å²) < 4.78 is 16.2. The topological polar surface area (TPSA) is 98.7 Å². The number of nitrogens with two attached hydrogens (primary N) is 1. The minimum atomic E-state index is -0.291. The molecule has 0 saturated heterocycles. The highest BCUT2D eigenvalue weighted by atomic mass is 127. The van der Waals surface area contributed by atoms with Crippen molar-refractivity contribution in [2.75, 3.05) is 5.32 Å². The van der Waals surface area contributed by atoms with Crippen molar-refractivity contribution >= 4 is 45.6 Å². The molecule has 0 aliphatic heterocycles. The van der Waals surface area contributed by atoms with Crippen molar-refractivity contribution in [2.24, 2.45) is 11.7 Å². The zero-order valence-corrected chi connectivity index (χ0v) is 15.9. The van der Waals surface area contributed by atoms with Crippen LogP contribution in [0.2, 0.25) is 0 Å². The molecule has 0 bridgehead atoms. The summed E-state index contributed by atoms with van der Waals surface area (Å²) in [5.41, 5.74) is 7.24. The highest BCUT2D eigenvalue weighted by Crippen LogP contribution is 2.27. The first-order valence-electron chi connectivity index (χ1n) is 8.22. The van der Waals surface area contributed by atoms with Gasteiger partial charge in [0.05, 0.1) is 11.9 Å². The zero-order chi connectivity index (χ0) is 18.3. The highest BCUT2D eigenvalue weighted by molar-refractivity contribution is 14.1. The van der Waals surface area contributed by atoms with Crippen LogP contribution in [0.1, 0.15) is 19.3 Å². The maximum Gasteiger partial charge on any atom is 0.224 e. The fourth-order valence-corrected chi connectivity index (χ4v) is 3.59. The van der Waals surface area contributed by atoms with Crippen LogP contribution in [0.25, 0.3) is 16.9 Å². The van der Waals surface area contributed by atoms with Crippen LogP contribution >= 0.6 is 22.6 Å². The third-order valence-corrected chi connectivity index (χ3v) is 5.51. The summed E-state index contributed by atoms with van der Waals surface area (Å²) in [5.74, 6) is -0.192. The number of carbonyl (C=O) groups excluding carboxylic acids is 1. The molecule has 2 heterocycles. The van der Waals surface area contributed by atoms with Crippen molar-refractivity contribution in [3.05, 3.63) is 40.1 Å². The summed E-state index contributed by atoms with van der Waals surface area (Å²) in [5, 5.41) is 3.26. The number of amides is 1. The van der Waals surface area contributed by atoms with E-state index in [0.717, 1.165) is 12.8 Å². The lowest BCUT2D eigenvalue weighted by atomic mass is 10.1. The number of hydrogen-bond donors (Lipinski definition) is 2. The molecule has 7 nitrogen and oxygen atoms in total. The number of anilines is 1. The Balaban J connectivity index is 1.62. The van der Waals surface area contributed by atoms with Crippen molar-refractivity contribution in [2.45, 2.75) is 25.3 Å². The number of rotatable bonds is 4. The number of nitrogens with one attached hydrogen (secondary N) is 1. The lowest BCUT2D eigenvalue weighted by molar-refractivity contribution is -0.121. The Hall–Kier alpha value is -2.30. The summed E-state index contributed by atoms with van der Waals surface area (Å²) in [6.45, 7) is 0. The van der Waals surface area contributed by atoms with Crippen molar-refractivity contribution in [3.8, 4) is 5.69 Å². The second-order valence-corrected chi connectivity index (χ2v) is 7.53. The monoisotopic (exact) mass is 466 g/mol. The fourth-order valence-electron chi connectivity index (χ4n) is 3.26. The van der Waals surface area contributed by atoms with Crippen LogP contribution < -0.4 is 11.1 Å². The lowest BCUT2D eigenvalue weighted by Crippen LogP contribution is -2.23. The zero-order valence-electron chi connectivity index (χ0n) is 13.7. The van der Waals surface area contributed by atoms with E-state index in [9.17, 15) is 9.18 Å². The van der Waals surface area contributed by atoms with E-state index in [1.807, 2.05) is 28.7 Å². The normalized spacial score (nSPS) is 19.8. The Bertz CT molecular complexity index is 991. The van der Waals surface area contributed by atoms with Crippen LogP contribution in [0.5, 0.6) is 0 Å². The number of fused-ring (bicyclic) bond motifs is 1. The summed E-state index contributed by atoms with van der Waals surface area (Å²) in [4.78, 5) is 24.4. The maximum atomic E-state index is 13.9. The molecule has 1 aliphatic rings. The van der Waals surface area contributed by atoms with Crippen molar-refractivity contribution in [3.63, 3.8) is 0 Å². The molecule has 1 saturated carbocycles. The van der Waals surface area contributed by atoms with Gasteiger partial charge in [-0.1, -0.05) is 0 Å². The number of benzene rings is 1. The number of hydrogen-bond acceptors (Lipinski definition) is 5. The second kappa shape index (κ2) is 6.78. The van der Waals surface area contributed by atoms with Gasteiger partial charge in [0.1, 0.15) is 17.7 Å². The number of nitrogens with zero attached hydrogens (tertiary/aromatic N) is 4. The van der Waals surface area contributed by atoms with Gasteiger partial charge < -0.3 is 11.1 Å². The summed E-state index contributed by atoms with van der Waals surface area (Å²) in [6.07, 6.45) is 5.53. The number of imidazole rings is 1. The molecule has 1 fully saturated rings. The van der Waals surface area contributed by atoms with Gasteiger partial charge in [-0.3, -0.25) is 9.36 Å². The van der Waals surface area contributed by atoms with Crippen LogP contribution in [-0.4, -0.2) is 31.5 Å². The molecular formula is C17H16FIN6O. The van der Waals surface area contributed by atoms with E-state index >= 15 is 0 Å². The number of halogens is 2. The fraction of sp³-hybridized carbons (Fsp3) is 0.294. The van der Waals surface area contributed by atoms with Gasteiger partial charge in [0, 0.05) is 15.5 Å². The first-order chi connectivity index (χ1) is 12.5. The number of carbonyl (C=O) groups is 1. The SMILES string of the molecule is NC(=O)[C@@H]1CC[C@@H](Nc2ncc3ncn(-c4ccc(I)c(F)c4)c3n2)C1. The predicted octanol–water partition coefficient (Wildman–Crippen LogP) is 2.63. The van der Waals surface area contributed by atoms with Crippen LogP contribution in [-0.2, 0) is 4.79 Å². The Morgan fingerprint density at radius 2 is 2.19 bits per heavy atom. The van der Waals surface area contributed by atoms with Crippen LogP contribution in [0.3, 0.4) is 0 Å². The van der Waals surface area contributed by atoms with Gasteiger partial charge >= 0.3 is 0 Å². The van der Waals surface area contributed by atoms with Gasteiger partial charge in [0.25, 0.3) is 0 Å². The summed E-state index contributed by atoms with van der Waals surface area (Å²) in [7, 11) is 0. The van der Waals surface area contributed by atoms with Crippen LogP contribution in [0, 0.1) is 15.3 Å². The number of primary amides is 1. The molecule has 1 aromatic carbocycles. The Morgan fingerprint density at radius 3 is 2.92 bits per heavy atom. The van der Waals surface area contributed by atoms with E-state index < -0.39 is 0 Å². The molecule has 3 aromatic rings. The van der Waals surface area contributed by atoms with E-state index in [2.05, 4.69) is 20.3 Å². The maximum absolute atomic E-state index is 13.9. The molecule has 2 atom stereocenters. The minimum absolute atomic E-state index is 0.100. The summed E-state index contributed by atoms with van der Waals surface area (Å²) in [6, 6.07) is 5.08. The lowest BCUT2D eigenvalue weighted by Gasteiger charge is -2.12. The molecule has 0 radical (unpaired) electrons. The molecule has 2 aromatic heterocycles. The average Bonchev–Trinajstić information content (AvgIpc) is 3.24. The molecule has 26 heavy (non-hydrogen) atoms. The third-order valence-electron chi connectivity index (χ3n) is 4.64. The molecule has 1 amide bonds. The van der Waals surface area contributed by atoms with Gasteiger partial charge in [0.15, 0.2) is 5.65 Å². The van der Waals surface area contributed by atoms with E-state index in [1.54, 1.807) is 23.2 Å². The standard InChI is InChI=1S/C17H16FIN6O/c18-12-6-11(3-4-13(12)19)25-8-22-14-7-21-17(24-16(14)25)23-10-2-1-9(5-10)15(20)26/h3-4,6-10H,1-2,5H2,(H2,20,26)(H,21,23,24)/t9-,10-/m1/s1. The second-order valence-electron chi connectivity index (χ2n) is 6.37. The molecule has 3 N–H and O–H groups in total. The molecule has 4 rings (SSSR count). The van der Waals surface area contributed by atoms with E-state index in [0.29, 0.717) is 32.8 Å². The first-order valence-corrected chi connectivity index (χ1v) is 9.30. The van der Waals surface area contributed by atoms with Crippen LogP contribution in [0.15, 0.2) is 30.7 Å². The highest BCUT2D eigenvalue weighted by Gasteiger charge is 2.28. The molecule has 0 unspecified atom stereocenters. The number of aromatic nitrogens is 4. The third kappa shape index (κ3) is 3.22. The predicted molar refractivity (Wildman–Crippen MR) is 103 cm³/mol.